The summed E-state index contributed by atoms with van der Waals surface area (Å²) in [7, 11) is 0. The maximum Gasteiger partial charge on any atom is 0.115 e. The number of aryl methyl sites for hydroxylation is 2. The molecule has 0 amide bonds. The smallest absolute Gasteiger partial charge is 0.115 e. The third-order valence-corrected chi connectivity index (χ3v) is 4.48. The minimum atomic E-state index is 0.535. The molecule has 0 aliphatic heterocycles. The Morgan fingerprint density at radius 1 is 1.24 bits per heavy atom. The van der Waals surface area contributed by atoms with Crippen LogP contribution in [0.15, 0.2) is 40.9 Å². The lowest BCUT2D eigenvalue weighted by Gasteiger charge is -2.12. The zero-order valence-electron chi connectivity index (χ0n) is 11.4. The van der Waals surface area contributed by atoms with Crippen molar-refractivity contribution in [1.29, 1.82) is 0 Å². The highest BCUT2D eigenvalue weighted by Gasteiger charge is 2.15. The number of hydrogen-bond acceptors (Lipinski definition) is 1. The fourth-order valence-electron chi connectivity index (χ4n) is 2.52. The van der Waals surface area contributed by atoms with Crippen molar-refractivity contribution in [2.45, 2.75) is 13.3 Å². The van der Waals surface area contributed by atoms with E-state index in [0.29, 0.717) is 17.3 Å². The third-order valence-electron chi connectivity index (χ3n) is 3.42. The summed E-state index contributed by atoms with van der Waals surface area (Å²) < 4.78 is 3.10. The molecule has 0 radical (unpaired) electrons. The fraction of sp³-hybridized carbons (Fsp3) is 0.188. The second-order valence-electron chi connectivity index (χ2n) is 4.84. The van der Waals surface area contributed by atoms with Gasteiger partial charge in [0.2, 0.25) is 0 Å². The number of halogens is 3. The Morgan fingerprint density at radius 3 is 2.76 bits per heavy atom. The topological polar surface area (TPSA) is 17.8 Å². The van der Waals surface area contributed by atoms with Crippen molar-refractivity contribution in [1.82, 2.24) is 9.55 Å². The fourth-order valence-corrected chi connectivity index (χ4v) is 3.55. The molecule has 0 spiro atoms. The largest absolute Gasteiger partial charge is 0.295 e. The standard InChI is InChI=1S/C16H13BrCl2N2/c1-10-3-2-4-13-16(10)21(15(20-13)7-8-18)14-6-5-11(19)9-12(14)17/h2-6,9H,7-8H2,1H3. The van der Waals surface area contributed by atoms with Crippen LogP contribution in [0.25, 0.3) is 16.7 Å². The monoisotopic (exact) mass is 382 g/mol. The van der Waals surface area contributed by atoms with Crippen LogP contribution < -0.4 is 0 Å². The van der Waals surface area contributed by atoms with Gasteiger partial charge in [0.25, 0.3) is 0 Å². The lowest BCUT2D eigenvalue weighted by molar-refractivity contribution is 0.908. The van der Waals surface area contributed by atoms with Gasteiger partial charge < -0.3 is 0 Å². The van der Waals surface area contributed by atoms with Crippen LogP contribution in [0.2, 0.25) is 5.02 Å². The first-order chi connectivity index (χ1) is 10.1. The Labute approximate surface area is 141 Å². The van der Waals surface area contributed by atoms with Gasteiger partial charge in [0.1, 0.15) is 5.82 Å². The van der Waals surface area contributed by atoms with Gasteiger partial charge in [-0.1, -0.05) is 23.7 Å². The molecule has 21 heavy (non-hydrogen) atoms. The summed E-state index contributed by atoms with van der Waals surface area (Å²) in [6.07, 6.45) is 0.713. The van der Waals surface area contributed by atoms with Gasteiger partial charge in [-0.3, -0.25) is 4.57 Å². The van der Waals surface area contributed by atoms with Crippen LogP contribution >= 0.6 is 39.1 Å². The number of hydrogen-bond donors (Lipinski definition) is 0. The van der Waals surface area contributed by atoms with Gasteiger partial charge in [0.05, 0.1) is 16.7 Å². The Kier molecular flexibility index (Phi) is 4.25. The molecule has 0 aliphatic rings. The van der Waals surface area contributed by atoms with Crippen LogP contribution in [0, 0.1) is 6.92 Å². The summed E-state index contributed by atoms with van der Waals surface area (Å²) in [4.78, 5) is 4.73. The quantitative estimate of drug-likeness (QED) is 0.543. The molecule has 1 aromatic heterocycles. The lowest BCUT2D eigenvalue weighted by atomic mass is 10.2. The first-order valence-electron chi connectivity index (χ1n) is 6.60. The highest BCUT2D eigenvalue weighted by Crippen LogP contribution is 2.31. The Balaban J connectivity index is 2.35. The molecule has 0 aliphatic carbocycles. The number of imidazole rings is 1. The average Bonchev–Trinajstić information content (AvgIpc) is 2.79. The van der Waals surface area contributed by atoms with Crippen molar-refractivity contribution in [3.63, 3.8) is 0 Å². The van der Waals surface area contributed by atoms with E-state index in [0.717, 1.165) is 27.0 Å². The van der Waals surface area contributed by atoms with Crippen molar-refractivity contribution in [2.75, 3.05) is 5.88 Å². The van der Waals surface area contributed by atoms with Crippen molar-refractivity contribution < 1.29 is 0 Å². The molecule has 2 aromatic carbocycles. The van der Waals surface area contributed by atoms with E-state index in [4.69, 9.17) is 28.2 Å². The molecule has 2 nitrogen and oxygen atoms in total. The highest BCUT2D eigenvalue weighted by molar-refractivity contribution is 9.10. The minimum Gasteiger partial charge on any atom is -0.295 e. The molecule has 0 atom stereocenters. The molecule has 0 fully saturated rings. The summed E-state index contributed by atoms with van der Waals surface area (Å²) in [5, 5.41) is 0.700. The Bertz CT molecular complexity index is 811. The number of benzene rings is 2. The molecule has 0 N–H and O–H groups in total. The van der Waals surface area contributed by atoms with E-state index in [9.17, 15) is 0 Å². The van der Waals surface area contributed by atoms with E-state index in [2.05, 4.69) is 33.5 Å². The van der Waals surface area contributed by atoms with Crippen LogP contribution in [0.5, 0.6) is 0 Å². The van der Waals surface area contributed by atoms with Crippen molar-refractivity contribution in [2.24, 2.45) is 0 Å². The highest BCUT2D eigenvalue weighted by atomic mass is 79.9. The molecule has 108 valence electrons. The van der Waals surface area contributed by atoms with E-state index in [1.807, 2.05) is 30.3 Å². The normalized spacial score (nSPS) is 11.2. The molecule has 0 saturated carbocycles. The van der Waals surface area contributed by atoms with Gasteiger partial charge in [0.15, 0.2) is 0 Å². The molecule has 0 bridgehead atoms. The molecule has 5 heteroatoms. The molecule has 3 aromatic rings. The Hall–Kier alpha value is -1.03. The Morgan fingerprint density at radius 2 is 2.05 bits per heavy atom. The van der Waals surface area contributed by atoms with Crippen molar-refractivity contribution in [3.8, 4) is 5.69 Å². The van der Waals surface area contributed by atoms with Crippen molar-refractivity contribution in [3.05, 3.63) is 57.3 Å². The van der Waals surface area contributed by atoms with Gasteiger partial charge >= 0.3 is 0 Å². The zero-order chi connectivity index (χ0) is 15.0. The summed E-state index contributed by atoms with van der Waals surface area (Å²) in [6, 6.07) is 11.9. The maximum absolute atomic E-state index is 6.05. The predicted octanol–water partition coefficient (Wildman–Crippen LogP) is 5.53. The maximum atomic E-state index is 6.05. The summed E-state index contributed by atoms with van der Waals surface area (Å²) in [6.45, 7) is 2.09. The predicted molar refractivity (Wildman–Crippen MR) is 92.9 cm³/mol. The molecule has 1 heterocycles. The van der Waals surface area contributed by atoms with Crippen molar-refractivity contribution >= 4 is 50.2 Å². The van der Waals surface area contributed by atoms with Gasteiger partial charge in [-0.2, -0.15) is 0 Å². The number of para-hydroxylation sites is 1. The molecular weight excluding hydrogens is 371 g/mol. The third kappa shape index (κ3) is 2.70. The van der Waals surface area contributed by atoms with E-state index in [1.54, 1.807) is 0 Å². The zero-order valence-corrected chi connectivity index (χ0v) is 14.5. The first-order valence-corrected chi connectivity index (χ1v) is 8.30. The number of rotatable bonds is 3. The number of fused-ring (bicyclic) bond motifs is 1. The number of nitrogens with zero attached hydrogens (tertiary/aromatic N) is 2. The minimum absolute atomic E-state index is 0.535. The molecule has 0 unspecified atom stereocenters. The van der Waals surface area contributed by atoms with Gasteiger partial charge in [-0.25, -0.2) is 4.98 Å². The lowest BCUT2D eigenvalue weighted by Crippen LogP contribution is -2.03. The van der Waals surface area contributed by atoms with Gasteiger partial charge in [0, 0.05) is 21.8 Å². The molecule has 0 saturated heterocycles. The van der Waals surface area contributed by atoms with Crippen LogP contribution in [0.4, 0.5) is 0 Å². The average molecular weight is 384 g/mol. The van der Waals surface area contributed by atoms with E-state index >= 15 is 0 Å². The van der Waals surface area contributed by atoms with Crippen LogP contribution in [-0.2, 0) is 6.42 Å². The van der Waals surface area contributed by atoms with Crippen LogP contribution in [0.1, 0.15) is 11.4 Å². The van der Waals surface area contributed by atoms with Gasteiger partial charge in [-0.15, -0.1) is 11.6 Å². The second kappa shape index (κ2) is 5.99. The van der Waals surface area contributed by atoms with E-state index in [1.165, 1.54) is 5.56 Å². The SMILES string of the molecule is Cc1cccc2nc(CCCl)n(-c3ccc(Cl)cc3Br)c12. The van der Waals surface area contributed by atoms with E-state index in [-0.39, 0.29) is 0 Å². The van der Waals surface area contributed by atoms with Crippen LogP contribution in [-0.4, -0.2) is 15.4 Å². The molecule has 3 rings (SSSR count). The van der Waals surface area contributed by atoms with Gasteiger partial charge in [-0.05, 0) is 52.7 Å². The number of aromatic nitrogens is 2. The summed E-state index contributed by atoms with van der Waals surface area (Å²) >= 11 is 15.6. The van der Waals surface area contributed by atoms with E-state index < -0.39 is 0 Å². The second-order valence-corrected chi connectivity index (χ2v) is 6.51. The molecular formula is C16H13BrCl2N2. The van der Waals surface area contributed by atoms with Crippen LogP contribution in [0.3, 0.4) is 0 Å². The first kappa shape index (κ1) is 14.9. The summed E-state index contributed by atoms with van der Waals surface area (Å²) in [5.41, 5.74) is 4.30. The number of alkyl halides is 1. The summed E-state index contributed by atoms with van der Waals surface area (Å²) in [5.74, 6) is 1.49.